The highest BCUT2D eigenvalue weighted by molar-refractivity contribution is 5.70. The summed E-state index contributed by atoms with van der Waals surface area (Å²) >= 11 is 0. The molecule has 0 aromatic carbocycles. The van der Waals surface area contributed by atoms with Crippen molar-refractivity contribution in [2.75, 3.05) is 47.5 Å². The summed E-state index contributed by atoms with van der Waals surface area (Å²) in [6.45, 7) is 4.67. The number of carboxylic acid groups (broad SMARTS) is 1. The minimum absolute atomic E-state index is 0.147. The standard InChI is InChI=1S/C80H145NO8/c1-6-8-10-12-14-16-18-20-22-24-26-28-30-32-33-34-35-36-37-38-39-40-41-42-43-44-45-47-48-50-52-54-56-58-60-62-64-66-68-70-77(82)87-74-76(75-88-80(79(84)85)86-73-72-81(3,4)5)89-78(83)71-69-67-65-63-61-59-57-55-53-51-49-46-31-29-27-25-23-21-19-17-15-13-11-9-7-2/h9,11,15,17-18,20-21,23-24,26-27,29,76,80H,6-8,10,12-14,16,19,22,25,28,30-75H2,1-5H3/b11-9-,17-15-,20-18-,23-21-,26-24-,29-27-. The van der Waals surface area contributed by atoms with Crippen molar-refractivity contribution in [3.63, 3.8) is 0 Å². The van der Waals surface area contributed by atoms with E-state index in [1.807, 2.05) is 21.1 Å². The van der Waals surface area contributed by atoms with Gasteiger partial charge in [-0.1, -0.05) is 337 Å². The summed E-state index contributed by atoms with van der Waals surface area (Å²) in [4.78, 5) is 37.5. The van der Waals surface area contributed by atoms with E-state index in [0.717, 1.165) is 70.6 Å². The second kappa shape index (κ2) is 70.6. The van der Waals surface area contributed by atoms with Gasteiger partial charge in [0.05, 0.1) is 40.3 Å². The molecule has 0 saturated carbocycles. The molecule has 0 aliphatic carbocycles. The van der Waals surface area contributed by atoms with Crippen molar-refractivity contribution in [2.24, 2.45) is 0 Å². The van der Waals surface area contributed by atoms with Gasteiger partial charge in [0.2, 0.25) is 0 Å². The van der Waals surface area contributed by atoms with Crippen LogP contribution in [0.15, 0.2) is 72.9 Å². The molecule has 0 amide bonds. The SMILES string of the molecule is CC/C=C\C/C=C\C/C=C\C/C=C\CCCCCCCCCCCCCCC(=O)OC(COC(=O)CCCCCCCCCCCCCCCCCCCCCCCCCCCCC/C=C\C/C=C\CCCCCCC)COC(OCC[N+](C)(C)C)C(=O)[O-]. The van der Waals surface area contributed by atoms with Crippen LogP contribution >= 0.6 is 0 Å². The van der Waals surface area contributed by atoms with Gasteiger partial charge in [0.25, 0.3) is 0 Å². The van der Waals surface area contributed by atoms with Gasteiger partial charge in [-0.15, -0.1) is 0 Å². The van der Waals surface area contributed by atoms with Crippen molar-refractivity contribution < 1.29 is 42.9 Å². The Morgan fingerprint density at radius 3 is 0.955 bits per heavy atom. The third-order valence-corrected chi connectivity index (χ3v) is 16.9. The molecule has 2 atom stereocenters. The first-order valence-corrected chi connectivity index (χ1v) is 38.1. The van der Waals surface area contributed by atoms with Crippen molar-refractivity contribution in [3.05, 3.63) is 72.9 Å². The largest absolute Gasteiger partial charge is 0.545 e. The van der Waals surface area contributed by atoms with E-state index in [9.17, 15) is 19.5 Å². The minimum atomic E-state index is -1.62. The van der Waals surface area contributed by atoms with E-state index in [1.54, 1.807) is 0 Å². The molecule has 0 radical (unpaired) electrons. The summed E-state index contributed by atoms with van der Waals surface area (Å²) < 4.78 is 22.8. The zero-order chi connectivity index (χ0) is 64.7. The Kier molecular flexibility index (Phi) is 68.0. The van der Waals surface area contributed by atoms with Gasteiger partial charge in [-0.25, -0.2) is 0 Å². The molecule has 0 N–H and O–H groups in total. The molecule has 89 heavy (non-hydrogen) atoms. The van der Waals surface area contributed by atoms with Gasteiger partial charge in [0.1, 0.15) is 13.2 Å². The monoisotopic (exact) mass is 1250 g/mol. The first kappa shape index (κ1) is 85.7. The van der Waals surface area contributed by atoms with Crippen molar-refractivity contribution in [2.45, 2.75) is 373 Å². The lowest BCUT2D eigenvalue weighted by molar-refractivity contribution is -0.870. The average Bonchev–Trinajstić information content (AvgIpc) is 3.64. The van der Waals surface area contributed by atoms with Crippen LogP contribution in [0.25, 0.3) is 0 Å². The zero-order valence-corrected chi connectivity index (χ0v) is 59.3. The number of aliphatic carboxylic acids is 1. The van der Waals surface area contributed by atoms with Gasteiger partial charge in [-0.2, -0.15) is 0 Å². The van der Waals surface area contributed by atoms with Gasteiger partial charge in [-0.3, -0.25) is 9.59 Å². The van der Waals surface area contributed by atoms with E-state index in [4.69, 9.17) is 18.9 Å². The quantitative estimate of drug-likeness (QED) is 0.0195. The second-order valence-electron chi connectivity index (χ2n) is 26.9. The van der Waals surface area contributed by atoms with Gasteiger partial charge in [0.15, 0.2) is 12.4 Å². The highest BCUT2D eigenvalue weighted by Gasteiger charge is 2.22. The van der Waals surface area contributed by atoms with E-state index in [-0.39, 0.29) is 32.2 Å². The van der Waals surface area contributed by atoms with Crippen LogP contribution < -0.4 is 5.11 Å². The number of hydrogen-bond acceptors (Lipinski definition) is 8. The lowest BCUT2D eigenvalue weighted by atomic mass is 10.0. The van der Waals surface area contributed by atoms with Crippen LogP contribution in [0.1, 0.15) is 361 Å². The molecule has 0 saturated heterocycles. The predicted octanol–water partition coefficient (Wildman–Crippen LogP) is 22.7. The van der Waals surface area contributed by atoms with Crippen molar-refractivity contribution in [1.82, 2.24) is 0 Å². The second-order valence-corrected chi connectivity index (χ2v) is 26.9. The summed E-state index contributed by atoms with van der Waals surface area (Å²) in [7, 11) is 5.94. The number of hydrogen-bond donors (Lipinski definition) is 0. The Bertz CT molecular complexity index is 1690. The summed E-state index contributed by atoms with van der Waals surface area (Å²) in [5.41, 5.74) is 0. The fraction of sp³-hybridized carbons (Fsp3) is 0.812. The Hall–Kier alpha value is -3.27. The Morgan fingerprint density at radius 2 is 0.640 bits per heavy atom. The molecule has 518 valence electrons. The Labute approximate surface area is 551 Å². The highest BCUT2D eigenvalue weighted by atomic mass is 16.7. The Balaban J connectivity index is 3.97. The van der Waals surface area contributed by atoms with Gasteiger partial charge < -0.3 is 33.3 Å². The van der Waals surface area contributed by atoms with Crippen LogP contribution in [0, 0.1) is 0 Å². The number of nitrogens with zero attached hydrogens (tertiary/aromatic N) is 1. The molecular formula is C80H145NO8. The maximum absolute atomic E-state index is 12.9. The fourth-order valence-corrected chi connectivity index (χ4v) is 11.2. The molecule has 0 aromatic heterocycles. The number of carbonyl (C=O) groups excluding carboxylic acids is 3. The molecule has 0 heterocycles. The Morgan fingerprint density at radius 1 is 0.348 bits per heavy atom. The molecule has 0 fully saturated rings. The molecule has 0 spiro atoms. The van der Waals surface area contributed by atoms with Gasteiger partial charge in [0, 0.05) is 12.8 Å². The van der Waals surface area contributed by atoms with E-state index in [1.165, 1.54) is 257 Å². The van der Waals surface area contributed by atoms with Crippen LogP contribution in [0.3, 0.4) is 0 Å². The van der Waals surface area contributed by atoms with E-state index >= 15 is 0 Å². The van der Waals surface area contributed by atoms with Crippen molar-refractivity contribution in [3.8, 4) is 0 Å². The minimum Gasteiger partial charge on any atom is -0.545 e. The zero-order valence-electron chi connectivity index (χ0n) is 59.3. The average molecular weight is 1250 g/mol. The first-order valence-electron chi connectivity index (χ1n) is 38.1. The number of likely N-dealkylation sites (N-methyl/N-ethyl adjacent to an activating group) is 1. The van der Waals surface area contributed by atoms with Crippen LogP contribution in [0.5, 0.6) is 0 Å². The number of allylic oxidation sites excluding steroid dienone is 12. The molecule has 0 bridgehead atoms. The molecule has 0 aliphatic heterocycles. The number of esters is 2. The highest BCUT2D eigenvalue weighted by Crippen LogP contribution is 2.19. The maximum atomic E-state index is 12.9. The summed E-state index contributed by atoms with van der Waals surface area (Å²) in [6.07, 6.45) is 91.6. The molecule has 9 nitrogen and oxygen atoms in total. The maximum Gasteiger partial charge on any atom is 0.306 e. The number of carbonyl (C=O) groups is 3. The predicted molar refractivity (Wildman–Crippen MR) is 380 cm³/mol. The molecule has 2 unspecified atom stereocenters. The third-order valence-electron chi connectivity index (χ3n) is 16.9. The fourth-order valence-electron chi connectivity index (χ4n) is 11.2. The van der Waals surface area contributed by atoms with E-state index < -0.39 is 24.3 Å². The number of quaternary nitrogens is 1. The number of rotatable bonds is 71. The topological polar surface area (TPSA) is 111 Å². The van der Waals surface area contributed by atoms with E-state index in [0.29, 0.717) is 23.9 Å². The van der Waals surface area contributed by atoms with E-state index in [2.05, 4.69) is 86.8 Å². The lowest BCUT2D eigenvalue weighted by Crippen LogP contribution is -2.44. The molecule has 0 aromatic rings. The summed E-state index contributed by atoms with van der Waals surface area (Å²) in [6, 6.07) is 0. The molecule has 0 rings (SSSR count). The van der Waals surface area contributed by atoms with Crippen LogP contribution in [0.2, 0.25) is 0 Å². The lowest BCUT2D eigenvalue weighted by Gasteiger charge is -2.26. The van der Waals surface area contributed by atoms with Crippen LogP contribution in [-0.2, 0) is 33.3 Å². The van der Waals surface area contributed by atoms with Gasteiger partial charge >= 0.3 is 11.9 Å². The smallest absolute Gasteiger partial charge is 0.306 e. The number of ether oxygens (including phenoxy) is 4. The summed E-state index contributed by atoms with van der Waals surface area (Å²) in [5.74, 6) is -2.27. The van der Waals surface area contributed by atoms with Crippen LogP contribution in [-0.4, -0.2) is 82.3 Å². The summed E-state index contributed by atoms with van der Waals surface area (Å²) in [5, 5.41) is 11.8. The molecule has 0 aliphatic rings. The molecular weight excluding hydrogens is 1100 g/mol. The third kappa shape index (κ3) is 72.0. The number of unbranched alkanes of at least 4 members (excludes halogenated alkanes) is 44. The van der Waals surface area contributed by atoms with Crippen molar-refractivity contribution >= 4 is 17.9 Å². The van der Waals surface area contributed by atoms with Gasteiger partial charge in [-0.05, 0) is 83.5 Å². The number of carboxylic acids is 1. The van der Waals surface area contributed by atoms with Crippen molar-refractivity contribution in [1.29, 1.82) is 0 Å². The molecule has 9 heteroatoms. The first-order chi connectivity index (χ1) is 43.6. The normalized spacial score (nSPS) is 13.0. The van der Waals surface area contributed by atoms with Crippen LogP contribution in [0.4, 0.5) is 0 Å².